The first-order valence-electron chi connectivity index (χ1n) is 4.51. The Kier molecular flexibility index (Phi) is 3.05. The third kappa shape index (κ3) is 2.37. The molecule has 0 saturated heterocycles. The summed E-state index contributed by atoms with van der Waals surface area (Å²) in [6.45, 7) is 2.01. The van der Waals surface area contributed by atoms with Gasteiger partial charge in [-0.2, -0.15) is 0 Å². The minimum atomic E-state index is -0.611. The predicted molar refractivity (Wildman–Crippen MR) is 62.4 cm³/mol. The second-order valence-electron chi connectivity index (χ2n) is 3.31. The number of hydrogen-bond donors (Lipinski definition) is 1. The van der Waals surface area contributed by atoms with E-state index in [0.717, 1.165) is 11.1 Å². The van der Waals surface area contributed by atoms with Crippen molar-refractivity contribution >= 4 is 22.9 Å². The van der Waals surface area contributed by atoms with Crippen LogP contribution in [0.5, 0.6) is 0 Å². The fraction of sp³-hybridized carbons (Fsp3) is 0.182. The van der Waals surface area contributed by atoms with E-state index in [1.54, 1.807) is 29.7 Å². The van der Waals surface area contributed by atoms with E-state index in [4.69, 9.17) is 11.6 Å². The van der Waals surface area contributed by atoms with E-state index in [9.17, 15) is 5.11 Å². The predicted octanol–water partition coefficient (Wildman–Crippen LogP) is 3.19. The van der Waals surface area contributed by atoms with Crippen molar-refractivity contribution in [1.82, 2.24) is 4.98 Å². The third-order valence-corrected chi connectivity index (χ3v) is 3.24. The van der Waals surface area contributed by atoms with Gasteiger partial charge in [0.25, 0.3) is 0 Å². The smallest absolute Gasteiger partial charge is 0.129 e. The molecule has 0 aliphatic carbocycles. The van der Waals surface area contributed by atoms with Crippen LogP contribution in [0.25, 0.3) is 0 Å². The maximum absolute atomic E-state index is 10.0. The fourth-order valence-electron chi connectivity index (χ4n) is 1.35. The summed E-state index contributed by atoms with van der Waals surface area (Å²) < 4.78 is 0. The highest BCUT2D eigenvalue weighted by Gasteiger charge is 2.11. The highest BCUT2D eigenvalue weighted by atomic mass is 35.5. The molecule has 0 aliphatic heterocycles. The molecule has 0 spiro atoms. The lowest BCUT2D eigenvalue weighted by Gasteiger charge is -2.08. The number of pyridine rings is 1. The molecule has 4 heteroatoms. The topological polar surface area (TPSA) is 33.1 Å². The molecule has 2 aromatic rings. The average molecular weight is 240 g/mol. The number of nitrogens with zero attached hydrogens (tertiary/aromatic N) is 1. The SMILES string of the molecule is Cc1cc(C(O)c2ccc(Cl)nc2)cs1. The number of aromatic nitrogens is 1. The minimum absolute atomic E-state index is 0.437. The first-order chi connectivity index (χ1) is 7.16. The molecule has 2 aromatic heterocycles. The van der Waals surface area contributed by atoms with Crippen LogP contribution in [-0.4, -0.2) is 10.1 Å². The van der Waals surface area contributed by atoms with Gasteiger partial charge in [0, 0.05) is 16.6 Å². The number of halogens is 1. The number of thiophene rings is 1. The van der Waals surface area contributed by atoms with Crippen molar-refractivity contribution in [3.8, 4) is 0 Å². The standard InChI is InChI=1S/C11H10ClNOS/c1-7-4-9(6-15-7)11(14)8-2-3-10(12)13-5-8/h2-6,11,14H,1H3. The molecule has 78 valence electrons. The Hall–Kier alpha value is -0.900. The Morgan fingerprint density at radius 3 is 2.73 bits per heavy atom. The summed E-state index contributed by atoms with van der Waals surface area (Å²) in [5.41, 5.74) is 1.67. The van der Waals surface area contributed by atoms with Crippen molar-refractivity contribution in [2.24, 2.45) is 0 Å². The molecule has 0 amide bonds. The van der Waals surface area contributed by atoms with Gasteiger partial charge in [0.1, 0.15) is 11.3 Å². The van der Waals surface area contributed by atoms with Crippen LogP contribution in [0.3, 0.4) is 0 Å². The van der Waals surface area contributed by atoms with Crippen molar-refractivity contribution in [3.63, 3.8) is 0 Å². The number of rotatable bonds is 2. The summed E-state index contributed by atoms with van der Waals surface area (Å²) in [5, 5.41) is 12.4. The zero-order valence-electron chi connectivity index (χ0n) is 8.14. The van der Waals surface area contributed by atoms with Crippen molar-refractivity contribution in [3.05, 3.63) is 50.9 Å². The van der Waals surface area contributed by atoms with Gasteiger partial charge in [-0.25, -0.2) is 4.98 Å². The molecule has 0 aromatic carbocycles. The van der Waals surface area contributed by atoms with Gasteiger partial charge >= 0.3 is 0 Å². The van der Waals surface area contributed by atoms with E-state index in [-0.39, 0.29) is 0 Å². The lowest BCUT2D eigenvalue weighted by molar-refractivity contribution is 0.220. The van der Waals surface area contributed by atoms with Gasteiger partial charge in [-0.05, 0) is 30.0 Å². The second-order valence-corrected chi connectivity index (χ2v) is 4.81. The molecule has 1 atom stereocenters. The first kappa shape index (κ1) is 10.6. The summed E-state index contributed by atoms with van der Waals surface area (Å²) in [6.07, 6.45) is 0.986. The van der Waals surface area contributed by atoms with Crippen molar-refractivity contribution in [1.29, 1.82) is 0 Å². The maximum Gasteiger partial charge on any atom is 0.129 e. The third-order valence-electron chi connectivity index (χ3n) is 2.13. The quantitative estimate of drug-likeness (QED) is 0.817. The molecule has 0 radical (unpaired) electrons. The van der Waals surface area contributed by atoms with Crippen LogP contribution in [-0.2, 0) is 0 Å². The van der Waals surface area contributed by atoms with Gasteiger partial charge in [0.2, 0.25) is 0 Å². The number of aryl methyl sites for hydroxylation is 1. The highest BCUT2D eigenvalue weighted by molar-refractivity contribution is 7.10. The summed E-state index contributed by atoms with van der Waals surface area (Å²) in [4.78, 5) is 5.13. The second kappa shape index (κ2) is 4.31. The maximum atomic E-state index is 10.0. The number of aliphatic hydroxyl groups is 1. The average Bonchev–Trinajstić information content (AvgIpc) is 2.65. The Morgan fingerprint density at radius 2 is 2.20 bits per heavy atom. The molecule has 0 saturated carbocycles. The van der Waals surface area contributed by atoms with E-state index in [1.165, 1.54) is 4.88 Å². The van der Waals surface area contributed by atoms with Crippen molar-refractivity contribution in [2.45, 2.75) is 13.0 Å². The molecule has 0 bridgehead atoms. The minimum Gasteiger partial charge on any atom is -0.384 e. The van der Waals surface area contributed by atoms with Crippen LogP contribution in [0, 0.1) is 6.92 Å². The first-order valence-corrected chi connectivity index (χ1v) is 5.77. The van der Waals surface area contributed by atoms with Crippen molar-refractivity contribution in [2.75, 3.05) is 0 Å². The Balaban J connectivity index is 2.28. The fourth-order valence-corrected chi connectivity index (χ4v) is 2.18. The molecule has 2 heterocycles. The molecule has 0 fully saturated rings. The molecule has 15 heavy (non-hydrogen) atoms. The van der Waals surface area contributed by atoms with Gasteiger partial charge in [-0.3, -0.25) is 0 Å². The number of aliphatic hydroxyl groups excluding tert-OH is 1. The molecule has 1 N–H and O–H groups in total. The lowest BCUT2D eigenvalue weighted by Crippen LogP contribution is -1.98. The van der Waals surface area contributed by atoms with E-state index in [2.05, 4.69) is 4.98 Å². The molecule has 2 rings (SSSR count). The van der Waals surface area contributed by atoms with Crippen molar-refractivity contribution < 1.29 is 5.11 Å². The molecular formula is C11H10ClNOS. The van der Waals surface area contributed by atoms with Gasteiger partial charge in [0.05, 0.1) is 0 Å². The van der Waals surface area contributed by atoms with E-state index in [0.29, 0.717) is 5.15 Å². The normalized spacial score (nSPS) is 12.7. The molecule has 2 nitrogen and oxygen atoms in total. The van der Waals surface area contributed by atoms with Crippen LogP contribution in [0.4, 0.5) is 0 Å². The summed E-state index contributed by atoms with van der Waals surface area (Å²) >= 11 is 7.30. The zero-order valence-corrected chi connectivity index (χ0v) is 9.72. The monoisotopic (exact) mass is 239 g/mol. The largest absolute Gasteiger partial charge is 0.384 e. The molecular weight excluding hydrogens is 230 g/mol. The van der Waals surface area contributed by atoms with E-state index >= 15 is 0 Å². The van der Waals surface area contributed by atoms with Gasteiger partial charge in [-0.1, -0.05) is 17.7 Å². The summed E-state index contributed by atoms with van der Waals surface area (Å²) in [7, 11) is 0. The van der Waals surface area contributed by atoms with Gasteiger partial charge in [-0.15, -0.1) is 11.3 Å². The molecule has 0 aliphatic rings. The highest BCUT2D eigenvalue weighted by Crippen LogP contribution is 2.25. The van der Waals surface area contributed by atoms with Gasteiger partial charge < -0.3 is 5.11 Å². The van der Waals surface area contributed by atoms with Crippen LogP contribution >= 0.6 is 22.9 Å². The Labute approximate surface area is 97.2 Å². The number of hydrogen-bond acceptors (Lipinski definition) is 3. The van der Waals surface area contributed by atoms with Crippen LogP contribution in [0.1, 0.15) is 22.1 Å². The lowest BCUT2D eigenvalue weighted by atomic mass is 10.1. The van der Waals surface area contributed by atoms with E-state index < -0.39 is 6.10 Å². The van der Waals surface area contributed by atoms with Gasteiger partial charge in [0.15, 0.2) is 0 Å². The Morgan fingerprint density at radius 1 is 1.40 bits per heavy atom. The molecule has 1 unspecified atom stereocenters. The Bertz CT molecular complexity index is 452. The summed E-state index contributed by atoms with van der Waals surface area (Å²) in [5.74, 6) is 0. The summed E-state index contributed by atoms with van der Waals surface area (Å²) in [6, 6.07) is 5.44. The van der Waals surface area contributed by atoms with Crippen LogP contribution in [0.15, 0.2) is 29.8 Å². The zero-order chi connectivity index (χ0) is 10.8. The van der Waals surface area contributed by atoms with Crippen LogP contribution in [0.2, 0.25) is 5.15 Å². The van der Waals surface area contributed by atoms with Crippen LogP contribution < -0.4 is 0 Å². The van der Waals surface area contributed by atoms with E-state index in [1.807, 2.05) is 18.4 Å².